The van der Waals surface area contributed by atoms with Gasteiger partial charge in [0, 0.05) is 19.5 Å². The summed E-state index contributed by atoms with van der Waals surface area (Å²) in [5.74, 6) is -0.211. The van der Waals surface area contributed by atoms with Gasteiger partial charge in [0.2, 0.25) is 0 Å². The summed E-state index contributed by atoms with van der Waals surface area (Å²) in [6, 6.07) is 5.26. The maximum atomic E-state index is 12.5. The molecular formula is C16H20N4O2. The summed E-state index contributed by atoms with van der Waals surface area (Å²) in [7, 11) is 1.59. The number of carbonyl (C=O) groups excluding carboxylic acids is 1. The summed E-state index contributed by atoms with van der Waals surface area (Å²) in [4.78, 5) is 25.0. The molecule has 0 fully saturated rings. The topological polar surface area (TPSA) is 77.0 Å². The second kappa shape index (κ2) is 8.19. The van der Waals surface area contributed by atoms with E-state index in [0.717, 1.165) is 24.2 Å². The second-order valence-corrected chi connectivity index (χ2v) is 4.87. The van der Waals surface area contributed by atoms with E-state index < -0.39 is 0 Å². The summed E-state index contributed by atoms with van der Waals surface area (Å²) in [5, 5.41) is 2.94. The van der Waals surface area contributed by atoms with Gasteiger partial charge in [0.1, 0.15) is 6.33 Å². The molecule has 1 N–H and O–H groups in total. The third-order valence-electron chi connectivity index (χ3n) is 3.21. The van der Waals surface area contributed by atoms with E-state index in [9.17, 15) is 4.79 Å². The number of rotatable bonds is 7. The molecule has 1 unspecified atom stereocenters. The summed E-state index contributed by atoms with van der Waals surface area (Å²) in [6.07, 6.45) is 6.36. The Hall–Kier alpha value is -2.34. The second-order valence-electron chi connectivity index (χ2n) is 4.87. The number of hydrogen-bond acceptors (Lipinski definition) is 5. The Morgan fingerprint density at radius 1 is 1.36 bits per heavy atom. The molecule has 0 saturated carbocycles. The van der Waals surface area contributed by atoms with Gasteiger partial charge >= 0.3 is 0 Å². The minimum atomic E-state index is -0.312. The zero-order valence-electron chi connectivity index (χ0n) is 12.8. The molecule has 6 nitrogen and oxygen atoms in total. The lowest BCUT2D eigenvalue weighted by Gasteiger charge is -2.18. The fourth-order valence-corrected chi connectivity index (χ4v) is 2.17. The van der Waals surface area contributed by atoms with Gasteiger partial charge in [-0.25, -0.2) is 9.97 Å². The summed E-state index contributed by atoms with van der Waals surface area (Å²) >= 11 is 0. The number of pyridine rings is 1. The van der Waals surface area contributed by atoms with Crippen molar-refractivity contribution >= 4 is 5.91 Å². The van der Waals surface area contributed by atoms with Crippen LogP contribution in [0.5, 0.6) is 0 Å². The first-order valence-corrected chi connectivity index (χ1v) is 7.25. The van der Waals surface area contributed by atoms with E-state index in [2.05, 4.69) is 20.3 Å². The van der Waals surface area contributed by atoms with Gasteiger partial charge in [-0.05, 0) is 18.6 Å². The standard InChI is InChI=1S/C16H20N4O2/c1-3-6-13-12(9-17-11-19-13)16(21)20-15(10-22-2)14-7-4-5-8-18-14/h4-5,7-9,11,15H,3,6,10H2,1-2H3,(H,20,21). The van der Waals surface area contributed by atoms with Crippen LogP contribution in [0.15, 0.2) is 36.9 Å². The highest BCUT2D eigenvalue weighted by atomic mass is 16.5. The average molecular weight is 300 g/mol. The molecule has 1 atom stereocenters. The molecule has 0 radical (unpaired) electrons. The molecule has 0 spiro atoms. The SMILES string of the molecule is CCCc1ncncc1C(=O)NC(COC)c1ccccn1. The third kappa shape index (κ3) is 4.08. The van der Waals surface area contributed by atoms with Crippen LogP contribution in [-0.4, -0.2) is 34.6 Å². The van der Waals surface area contributed by atoms with Crippen molar-refractivity contribution in [1.29, 1.82) is 0 Å². The molecule has 0 bridgehead atoms. The Kier molecular flexibility index (Phi) is 5.97. The van der Waals surface area contributed by atoms with Crippen molar-refractivity contribution in [1.82, 2.24) is 20.3 Å². The lowest BCUT2D eigenvalue weighted by atomic mass is 10.1. The predicted molar refractivity (Wildman–Crippen MR) is 82.3 cm³/mol. The number of ether oxygens (including phenoxy) is 1. The molecule has 2 rings (SSSR count). The molecular weight excluding hydrogens is 280 g/mol. The molecule has 22 heavy (non-hydrogen) atoms. The van der Waals surface area contributed by atoms with Crippen LogP contribution in [0.25, 0.3) is 0 Å². The maximum absolute atomic E-state index is 12.5. The predicted octanol–water partition coefficient (Wildman–Crippen LogP) is 1.94. The fourth-order valence-electron chi connectivity index (χ4n) is 2.17. The first-order valence-electron chi connectivity index (χ1n) is 7.25. The van der Waals surface area contributed by atoms with Gasteiger partial charge in [-0.3, -0.25) is 9.78 Å². The smallest absolute Gasteiger partial charge is 0.255 e. The van der Waals surface area contributed by atoms with Crippen LogP contribution in [0.2, 0.25) is 0 Å². The van der Waals surface area contributed by atoms with Crippen LogP contribution < -0.4 is 5.32 Å². The van der Waals surface area contributed by atoms with Gasteiger partial charge < -0.3 is 10.1 Å². The van der Waals surface area contributed by atoms with Crippen molar-refractivity contribution in [3.63, 3.8) is 0 Å². The molecule has 6 heteroatoms. The highest BCUT2D eigenvalue weighted by Gasteiger charge is 2.19. The quantitative estimate of drug-likeness (QED) is 0.845. The first kappa shape index (κ1) is 16.0. The summed E-state index contributed by atoms with van der Waals surface area (Å²) in [6.45, 7) is 2.39. The number of aromatic nitrogens is 3. The molecule has 0 aliphatic carbocycles. The molecule has 0 aromatic carbocycles. The van der Waals surface area contributed by atoms with Gasteiger partial charge in [-0.2, -0.15) is 0 Å². The molecule has 2 heterocycles. The molecule has 0 saturated heterocycles. The van der Waals surface area contributed by atoms with E-state index in [1.54, 1.807) is 19.5 Å². The minimum absolute atomic E-state index is 0.211. The fraction of sp³-hybridized carbons (Fsp3) is 0.375. The van der Waals surface area contributed by atoms with Gasteiger partial charge in [-0.1, -0.05) is 19.4 Å². The summed E-state index contributed by atoms with van der Waals surface area (Å²) in [5.41, 5.74) is 2.01. The van der Waals surface area contributed by atoms with Gasteiger partial charge in [-0.15, -0.1) is 0 Å². The van der Waals surface area contributed by atoms with Gasteiger partial charge in [0.25, 0.3) is 5.91 Å². The van der Waals surface area contributed by atoms with E-state index in [1.165, 1.54) is 6.33 Å². The lowest BCUT2D eigenvalue weighted by Crippen LogP contribution is -2.32. The Balaban J connectivity index is 2.18. The Morgan fingerprint density at radius 3 is 2.91 bits per heavy atom. The number of methoxy groups -OCH3 is 1. The zero-order valence-corrected chi connectivity index (χ0v) is 12.8. The monoisotopic (exact) mass is 300 g/mol. The van der Waals surface area contributed by atoms with E-state index in [-0.39, 0.29) is 11.9 Å². The highest BCUT2D eigenvalue weighted by molar-refractivity contribution is 5.95. The van der Waals surface area contributed by atoms with Crippen molar-refractivity contribution in [2.45, 2.75) is 25.8 Å². The molecule has 2 aromatic heterocycles. The van der Waals surface area contributed by atoms with Crippen LogP contribution in [0, 0.1) is 0 Å². The number of hydrogen-bond donors (Lipinski definition) is 1. The van der Waals surface area contributed by atoms with Crippen LogP contribution in [0.3, 0.4) is 0 Å². The van der Waals surface area contributed by atoms with Crippen LogP contribution in [-0.2, 0) is 11.2 Å². The largest absolute Gasteiger partial charge is 0.382 e. The van der Waals surface area contributed by atoms with E-state index in [0.29, 0.717) is 12.2 Å². The average Bonchev–Trinajstić information content (AvgIpc) is 2.56. The Bertz CT molecular complexity index is 604. The van der Waals surface area contributed by atoms with E-state index >= 15 is 0 Å². The van der Waals surface area contributed by atoms with E-state index in [1.807, 2.05) is 25.1 Å². The van der Waals surface area contributed by atoms with Crippen molar-refractivity contribution in [2.24, 2.45) is 0 Å². The highest BCUT2D eigenvalue weighted by Crippen LogP contribution is 2.13. The first-order chi connectivity index (χ1) is 10.8. The number of aryl methyl sites for hydroxylation is 1. The number of carbonyl (C=O) groups is 1. The molecule has 0 aliphatic rings. The van der Waals surface area contributed by atoms with E-state index in [4.69, 9.17) is 4.74 Å². The minimum Gasteiger partial charge on any atom is -0.382 e. The zero-order chi connectivity index (χ0) is 15.8. The van der Waals surface area contributed by atoms with Crippen molar-refractivity contribution in [3.05, 3.63) is 53.9 Å². The maximum Gasteiger partial charge on any atom is 0.255 e. The number of amides is 1. The normalized spacial score (nSPS) is 11.9. The molecule has 0 aliphatic heterocycles. The van der Waals surface area contributed by atoms with Crippen LogP contribution >= 0.6 is 0 Å². The molecule has 1 amide bonds. The Morgan fingerprint density at radius 2 is 2.23 bits per heavy atom. The van der Waals surface area contributed by atoms with Crippen LogP contribution in [0.1, 0.15) is 41.1 Å². The van der Waals surface area contributed by atoms with Gasteiger partial charge in [0.15, 0.2) is 0 Å². The van der Waals surface area contributed by atoms with Crippen molar-refractivity contribution in [2.75, 3.05) is 13.7 Å². The third-order valence-corrected chi connectivity index (χ3v) is 3.21. The number of nitrogens with one attached hydrogen (secondary N) is 1. The number of nitrogens with zero attached hydrogens (tertiary/aromatic N) is 3. The summed E-state index contributed by atoms with van der Waals surface area (Å²) < 4.78 is 5.19. The van der Waals surface area contributed by atoms with Gasteiger partial charge in [0.05, 0.1) is 29.6 Å². The van der Waals surface area contributed by atoms with Crippen molar-refractivity contribution in [3.8, 4) is 0 Å². The van der Waals surface area contributed by atoms with Crippen molar-refractivity contribution < 1.29 is 9.53 Å². The molecule has 116 valence electrons. The lowest BCUT2D eigenvalue weighted by molar-refractivity contribution is 0.0892. The Labute approximate surface area is 130 Å². The molecule has 2 aromatic rings. The van der Waals surface area contributed by atoms with Crippen LogP contribution in [0.4, 0.5) is 0 Å².